The number of amides is 1. The van der Waals surface area contributed by atoms with Crippen molar-refractivity contribution in [1.29, 1.82) is 0 Å². The highest BCUT2D eigenvalue weighted by Crippen LogP contribution is 2.19. The maximum absolute atomic E-state index is 12.8. The van der Waals surface area contributed by atoms with Gasteiger partial charge in [-0.2, -0.15) is 0 Å². The van der Waals surface area contributed by atoms with E-state index in [0.717, 1.165) is 12.8 Å². The number of hydrogen-bond acceptors (Lipinski definition) is 6. The average Bonchev–Trinajstić information content (AvgIpc) is 2.68. The topological polar surface area (TPSA) is 85.5 Å². The Morgan fingerprint density at radius 1 is 1.19 bits per heavy atom. The van der Waals surface area contributed by atoms with Crippen LogP contribution < -0.4 is 10.2 Å². The van der Waals surface area contributed by atoms with Crippen LogP contribution in [0.25, 0.3) is 11.0 Å². The van der Waals surface area contributed by atoms with Crippen LogP contribution in [0.3, 0.4) is 0 Å². The SMILES string of the molecule is O=C(c1cc(=O)c2ccccc2o1)N1CCCC(Oc2ncccn2)C1. The van der Waals surface area contributed by atoms with E-state index < -0.39 is 0 Å². The minimum atomic E-state index is -0.310. The molecular weight excluding hydrogens is 334 g/mol. The van der Waals surface area contributed by atoms with E-state index in [-0.39, 0.29) is 23.2 Å². The van der Waals surface area contributed by atoms with Gasteiger partial charge in [0.05, 0.1) is 11.9 Å². The molecule has 7 heteroatoms. The number of benzene rings is 1. The summed E-state index contributed by atoms with van der Waals surface area (Å²) < 4.78 is 11.4. The molecule has 1 amide bonds. The number of hydrogen-bond donors (Lipinski definition) is 0. The molecule has 0 saturated carbocycles. The van der Waals surface area contributed by atoms with E-state index in [1.165, 1.54) is 6.07 Å². The Labute approximate surface area is 149 Å². The molecule has 2 aromatic heterocycles. The summed E-state index contributed by atoms with van der Waals surface area (Å²) >= 11 is 0. The second kappa shape index (κ2) is 6.95. The van der Waals surface area contributed by atoms with Crippen LogP contribution >= 0.6 is 0 Å². The number of aromatic nitrogens is 2. The summed E-state index contributed by atoms with van der Waals surface area (Å²) in [6.07, 6.45) is 4.63. The van der Waals surface area contributed by atoms with Gasteiger partial charge in [0, 0.05) is 25.0 Å². The van der Waals surface area contributed by atoms with Crippen LogP contribution in [0.2, 0.25) is 0 Å². The van der Waals surface area contributed by atoms with Gasteiger partial charge >= 0.3 is 6.01 Å². The first-order valence-electron chi connectivity index (χ1n) is 8.46. The van der Waals surface area contributed by atoms with Crippen LogP contribution in [-0.2, 0) is 0 Å². The second-order valence-corrected chi connectivity index (χ2v) is 6.14. The van der Waals surface area contributed by atoms with Crippen LogP contribution in [0.4, 0.5) is 0 Å². The minimum absolute atomic E-state index is 0.0466. The highest BCUT2D eigenvalue weighted by molar-refractivity contribution is 5.93. The molecule has 3 heterocycles. The van der Waals surface area contributed by atoms with Gasteiger partial charge in [-0.15, -0.1) is 0 Å². The maximum Gasteiger partial charge on any atom is 0.316 e. The number of carbonyl (C=O) groups excluding carboxylic acids is 1. The van der Waals surface area contributed by atoms with Crippen molar-refractivity contribution in [1.82, 2.24) is 14.9 Å². The smallest absolute Gasteiger partial charge is 0.316 e. The summed E-state index contributed by atoms with van der Waals surface area (Å²) in [5.41, 5.74) is 0.184. The molecule has 1 aromatic carbocycles. The zero-order valence-corrected chi connectivity index (χ0v) is 14.0. The summed E-state index contributed by atoms with van der Waals surface area (Å²) in [7, 11) is 0. The maximum atomic E-state index is 12.8. The minimum Gasteiger partial charge on any atom is -0.458 e. The van der Waals surface area contributed by atoms with E-state index in [0.29, 0.717) is 30.1 Å². The van der Waals surface area contributed by atoms with Crippen LogP contribution in [0.5, 0.6) is 6.01 Å². The fourth-order valence-electron chi connectivity index (χ4n) is 3.08. The predicted octanol–water partition coefficient (Wildman–Crippen LogP) is 2.27. The number of likely N-dealkylation sites (tertiary alicyclic amines) is 1. The first-order chi connectivity index (χ1) is 12.7. The summed E-state index contributed by atoms with van der Waals surface area (Å²) in [5, 5.41) is 0.463. The lowest BCUT2D eigenvalue weighted by Crippen LogP contribution is -2.44. The van der Waals surface area contributed by atoms with Gasteiger partial charge in [0.25, 0.3) is 5.91 Å². The van der Waals surface area contributed by atoms with Crippen LogP contribution in [0.15, 0.2) is 58.0 Å². The molecule has 1 unspecified atom stereocenters. The van der Waals surface area contributed by atoms with Gasteiger partial charge < -0.3 is 14.1 Å². The molecule has 1 saturated heterocycles. The Kier molecular flexibility index (Phi) is 4.35. The van der Waals surface area contributed by atoms with E-state index in [4.69, 9.17) is 9.15 Å². The molecule has 132 valence electrons. The van der Waals surface area contributed by atoms with Crippen LogP contribution in [-0.4, -0.2) is 40.0 Å². The van der Waals surface area contributed by atoms with Crippen LogP contribution in [0.1, 0.15) is 23.4 Å². The Bertz CT molecular complexity index is 987. The van der Waals surface area contributed by atoms with E-state index >= 15 is 0 Å². The van der Waals surface area contributed by atoms with Gasteiger partial charge in [-0.05, 0) is 31.0 Å². The lowest BCUT2D eigenvalue weighted by molar-refractivity contribution is 0.0489. The van der Waals surface area contributed by atoms with Gasteiger partial charge in [0.15, 0.2) is 11.2 Å². The van der Waals surface area contributed by atoms with Gasteiger partial charge in [0.2, 0.25) is 0 Å². The normalized spacial score (nSPS) is 17.2. The van der Waals surface area contributed by atoms with Crippen molar-refractivity contribution in [2.75, 3.05) is 13.1 Å². The summed E-state index contributed by atoms with van der Waals surface area (Å²) in [4.78, 5) is 34.8. The molecule has 0 aliphatic carbocycles. The van der Waals surface area contributed by atoms with Crippen molar-refractivity contribution >= 4 is 16.9 Å². The van der Waals surface area contributed by atoms with Gasteiger partial charge in [-0.25, -0.2) is 9.97 Å². The number of piperidine rings is 1. The number of para-hydroxylation sites is 1. The third-order valence-electron chi connectivity index (χ3n) is 4.32. The third-order valence-corrected chi connectivity index (χ3v) is 4.32. The van der Waals surface area contributed by atoms with Gasteiger partial charge in [-0.3, -0.25) is 9.59 Å². The van der Waals surface area contributed by atoms with Crippen molar-refractivity contribution < 1.29 is 13.9 Å². The monoisotopic (exact) mass is 351 g/mol. The number of carbonyl (C=O) groups is 1. The average molecular weight is 351 g/mol. The van der Waals surface area contributed by atoms with Gasteiger partial charge in [0.1, 0.15) is 11.7 Å². The molecule has 26 heavy (non-hydrogen) atoms. The Balaban J connectivity index is 1.53. The fraction of sp³-hybridized carbons (Fsp3) is 0.263. The Morgan fingerprint density at radius 2 is 2.00 bits per heavy atom. The zero-order valence-electron chi connectivity index (χ0n) is 14.0. The lowest BCUT2D eigenvalue weighted by atomic mass is 10.1. The highest BCUT2D eigenvalue weighted by Gasteiger charge is 2.28. The van der Waals surface area contributed by atoms with E-state index in [9.17, 15) is 9.59 Å². The molecule has 0 N–H and O–H groups in total. The summed E-state index contributed by atoms with van der Waals surface area (Å²) in [6, 6.07) is 10.2. The zero-order chi connectivity index (χ0) is 17.9. The number of fused-ring (bicyclic) bond motifs is 1. The largest absolute Gasteiger partial charge is 0.458 e. The van der Waals surface area contributed by atoms with Crippen molar-refractivity contribution in [3.05, 3.63) is 64.8 Å². The molecule has 0 bridgehead atoms. The molecular formula is C19H17N3O4. The number of rotatable bonds is 3. The Hall–Kier alpha value is -3.22. The molecule has 0 spiro atoms. The van der Waals surface area contributed by atoms with Gasteiger partial charge in [-0.1, -0.05) is 12.1 Å². The second-order valence-electron chi connectivity index (χ2n) is 6.14. The van der Waals surface area contributed by atoms with E-state index in [1.54, 1.807) is 47.6 Å². The van der Waals surface area contributed by atoms with E-state index in [1.807, 2.05) is 0 Å². The van der Waals surface area contributed by atoms with Crippen LogP contribution in [0, 0.1) is 0 Å². The molecule has 4 rings (SSSR count). The molecule has 1 atom stereocenters. The molecule has 1 aliphatic rings. The predicted molar refractivity (Wildman–Crippen MR) is 94.1 cm³/mol. The quantitative estimate of drug-likeness (QED) is 0.719. The molecule has 1 fully saturated rings. The summed E-state index contributed by atoms with van der Waals surface area (Å²) in [5.74, 6) is -0.263. The van der Waals surface area contributed by atoms with Crippen molar-refractivity contribution in [3.8, 4) is 6.01 Å². The molecule has 3 aromatic rings. The highest BCUT2D eigenvalue weighted by atomic mass is 16.5. The Morgan fingerprint density at radius 3 is 2.85 bits per heavy atom. The number of ether oxygens (including phenoxy) is 1. The summed E-state index contributed by atoms with van der Waals surface area (Å²) in [6.45, 7) is 0.985. The lowest BCUT2D eigenvalue weighted by Gasteiger charge is -2.31. The fourth-order valence-corrected chi connectivity index (χ4v) is 3.08. The van der Waals surface area contributed by atoms with E-state index in [2.05, 4.69) is 9.97 Å². The molecule has 7 nitrogen and oxygen atoms in total. The first kappa shape index (κ1) is 16.3. The molecule has 0 radical (unpaired) electrons. The van der Waals surface area contributed by atoms with Crippen molar-refractivity contribution in [2.24, 2.45) is 0 Å². The number of nitrogens with zero attached hydrogens (tertiary/aromatic N) is 3. The third kappa shape index (κ3) is 3.28. The first-order valence-corrected chi connectivity index (χ1v) is 8.46. The molecule has 1 aliphatic heterocycles. The van der Waals surface area contributed by atoms with Crippen molar-refractivity contribution in [3.63, 3.8) is 0 Å². The standard InChI is InChI=1S/C19H17N3O4/c23-15-11-17(26-16-7-2-1-6-14(15)16)18(24)22-10-3-5-13(12-22)25-19-20-8-4-9-21-19/h1-2,4,6-9,11,13H,3,5,10,12H2. The van der Waals surface area contributed by atoms with Crippen molar-refractivity contribution in [2.45, 2.75) is 18.9 Å².